The van der Waals surface area contributed by atoms with Crippen LogP contribution in [-0.2, 0) is 23.9 Å². The van der Waals surface area contributed by atoms with Gasteiger partial charge in [0.15, 0.2) is 0 Å². The highest BCUT2D eigenvalue weighted by Crippen LogP contribution is 2.38. The van der Waals surface area contributed by atoms with Crippen LogP contribution in [0.25, 0.3) is 0 Å². The molecule has 0 aromatic heterocycles. The lowest BCUT2D eigenvalue weighted by Crippen LogP contribution is -2.39. The van der Waals surface area contributed by atoms with Crippen LogP contribution in [0.3, 0.4) is 0 Å². The van der Waals surface area contributed by atoms with E-state index in [1.54, 1.807) is 5.56 Å². The van der Waals surface area contributed by atoms with Gasteiger partial charge in [-0.15, -0.1) is 0 Å². The maximum Gasteiger partial charge on any atom is 0.0404 e. The van der Waals surface area contributed by atoms with Crippen molar-refractivity contribution < 1.29 is 0 Å². The highest BCUT2D eigenvalue weighted by atomic mass is 15.2. The predicted molar refractivity (Wildman–Crippen MR) is 114 cm³/mol. The van der Waals surface area contributed by atoms with Crippen molar-refractivity contribution in [3.05, 3.63) is 70.3 Å². The van der Waals surface area contributed by atoms with Crippen LogP contribution < -0.4 is 5.32 Å². The molecule has 0 bridgehead atoms. The lowest BCUT2D eigenvalue weighted by Gasteiger charge is -2.36. The van der Waals surface area contributed by atoms with E-state index in [0.29, 0.717) is 6.04 Å². The molecule has 2 nitrogen and oxygen atoms in total. The predicted octanol–water partition coefficient (Wildman–Crippen LogP) is 5.31. The van der Waals surface area contributed by atoms with Crippen molar-refractivity contribution in [2.75, 3.05) is 13.6 Å². The molecule has 0 saturated carbocycles. The fourth-order valence-electron chi connectivity index (χ4n) is 5.11. The van der Waals surface area contributed by atoms with Crippen molar-refractivity contribution in [2.45, 2.75) is 70.5 Å². The highest BCUT2D eigenvalue weighted by Gasteiger charge is 2.33. The number of rotatable bonds is 1. The molecule has 2 aliphatic heterocycles. The number of benzene rings is 2. The second-order valence-electron chi connectivity index (χ2n) is 9.52. The molecule has 4 rings (SSSR count). The topological polar surface area (TPSA) is 15.3 Å². The second kappa shape index (κ2) is 6.76. The van der Waals surface area contributed by atoms with Gasteiger partial charge in [-0.3, -0.25) is 4.90 Å². The first kappa shape index (κ1) is 18.7. The molecule has 0 fully saturated rings. The van der Waals surface area contributed by atoms with Crippen LogP contribution in [0.4, 0.5) is 0 Å². The van der Waals surface area contributed by atoms with Gasteiger partial charge >= 0.3 is 0 Å². The zero-order chi connectivity index (χ0) is 19.2. The summed E-state index contributed by atoms with van der Waals surface area (Å²) >= 11 is 0. The van der Waals surface area contributed by atoms with Crippen molar-refractivity contribution >= 4 is 0 Å². The summed E-state index contributed by atoms with van der Waals surface area (Å²) in [6, 6.07) is 16.6. The Morgan fingerprint density at radius 1 is 0.926 bits per heavy atom. The van der Waals surface area contributed by atoms with Crippen LogP contribution in [-0.4, -0.2) is 18.5 Å². The molecule has 2 aromatic rings. The van der Waals surface area contributed by atoms with E-state index in [9.17, 15) is 0 Å². The number of nitrogens with one attached hydrogen (secondary N) is 1. The van der Waals surface area contributed by atoms with Crippen molar-refractivity contribution in [1.29, 1.82) is 0 Å². The zero-order valence-corrected chi connectivity index (χ0v) is 17.6. The molecule has 1 N–H and O–H groups in total. The van der Waals surface area contributed by atoms with Gasteiger partial charge in [0.25, 0.3) is 0 Å². The van der Waals surface area contributed by atoms with Gasteiger partial charge in [0, 0.05) is 17.1 Å². The number of fused-ring (bicyclic) bond motifs is 2. The third-order valence-corrected chi connectivity index (χ3v) is 7.01. The monoisotopic (exact) mass is 362 g/mol. The van der Waals surface area contributed by atoms with E-state index in [2.05, 4.69) is 87.4 Å². The van der Waals surface area contributed by atoms with E-state index in [1.807, 2.05) is 0 Å². The van der Waals surface area contributed by atoms with Gasteiger partial charge in [0.2, 0.25) is 0 Å². The molecule has 1 unspecified atom stereocenters. The van der Waals surface area contributed by atoms with Crippen molar-refractivity contribution in [3.63, 3.8) is 0 Å². The summed E-state index contributed by atoms with van der Waals surface area (Å²) in [6.45, 7) is 10.5. The fraction of sp³-hybridized carbons (Fsp3) is 0.520. The normalized spacial score (nSPS) is 24.4. The molecule has 0 radical (unpaired) electrons. The SMILES string of the molecule is CN1CCCc2cc(C3CCc4ccccc4C(C)(C)N3)ccc2C1(C)C. The van der Waals surface area contributed by atoms with Crippen LogP contribution in [0, 0.1) is 0 Å². The number of aryl methyl sites for hydroxylation is 2. The van der Waals surface area contributed by atoms with E-state index >= 15 is 0 Å². The Labute approximate surface area is 165 Å². The molecule has 0 aliphatic carbocycles. The van der Waals surface area contributed by atoms with E-state index in [4.69, 9.17) is 0 Å². The fourth-order valence-corrected chi connectivity index (χ4v) is 5.11. The Morgan fingerprint density at radius 3 is 2.52 bits per heavy atom. The minimum atomic E-state index is -0.00988. The third-order valence-electron chi connectivity index (χ3n) is 7.01. The van der Waals surface area contributed by atoms with Crippen LogP contribution in [0.2, 0.25) is 0 Å². The zero-order valence-electron chi connectivity index (χ0n) is 17.6. The Kier molecular flexibility index (Phi) is 4.68. The summed E-state index contributed by atoms with van der Waals surface area (Å²) in [5.41, 5.74) is 7.54. The quantitative estimate of drug-likeness (QED) is 0.739. The standard InChI is InChI=1S/C25H34N2/c1-24(2)21-11-7-6-9-18(21)13-15-23(26-24)20-12-14-22-19(17-20)10-8-16-27(5)25(22,3)4/h6-7,9,11-12,14,17,23,26H,8,10,13,15-16H2,1-5H3. The summed E-state index contributed by atoms with van der Waals surface area (Å²) < 4.78 is 0. The summed E-state index contributed by atoms with van der Waals surface area (Å²) in [4.78, 5) is 2.50. The van der Waals surface area contributed by atoms with Crippen molar-refractivity contribution in [1.82, 2.24) is 10.2 Å². The maximum absolute atomic E-state index is 3.97. The number of hydrogen-bond donors (Lipinski definition) is 1. The first-order chi connectivity index (χ1) is 12.8. The van der Waals surface area contributed by atoms with Gasteiger partial charge < -0.3 is 5.32 Å². The molecule has 1 atom stereocenters. The molecular weight excluding hydrogens is 328 g/mol. The lowest BCUT2D eigenvalue weighted by atomic mass is 9.86. The molecule has 27 heavy (non-hydrogen) atoms. The Hall–Kier alpha value is -1.64. The number of nitrogens with zero attached hydrogens (tertiary/aromatic N) is 1. The molecule has 144 valence electrons. The lowest BCUT2D eigenvalue weighted by molar-refractivity contribution is 0.162. The third kappa shape index (κ3) is 3.34. The van der Waals surface area contributed by atoms with E-state index in [1.165, 1.54) is 41.6 Å². The molecular formula is C25H34N2. The first-order valence-electron chi connectivity index (χ1n) is 10.5. The Balaban J connectivity index is 1.68. The molecule has 2 heterocycles. The summed E-state index contributed by atoms with van der Waals surface area (Å²) in [5, 5.41) is 3.97. The van der Waals surface area contributed by atoms with Crippen molar-refractivity contribution in [3.8, 4) is 0 Å². The van der Waals surface area contributed by atoms with Crippen LogP contribution in [0.1, 0.15) is 74.4 Å². The van der Waals surface area contributed by atoms with E-state index < -0.39 is 0 Å². The Morgan fingerprint density at radius 2 is 1.70 bits per heavy atom. The molecule has 0 spiro atoms. The summed E-state index contributed by atoms with van der Waals surface area (Å²) in [5.74, 6) is 0. The van der Waals surface area contributed by atoms with Gasteiger partial charge in [-0.25, -0.2) is 0 Å². The van der Waals surface area contributed by atoms with Crippen LogP contribution in [0.15, 0.2) is 42.5 Å². The van der Waals surface area contributed by atoms with E-state index in [0.717, 1.165) is 12.8 Å². The van der Waals surface area contributed by atoms with Gasteiger partial charge in [0.1, 0.15) is 0 Å². The Bertz CT molecular complexity index is 834. The van der Waals surface area contributed by atoms with Crippen LogP contribution in [0.5, 0.6) is 0 Å². The molecule has 2 aromatic carbocycles. The summed E-state index contributed by atoms with van der Waals surface area (Å²) in [6.07, 6.45) is 4.73. The maximum atomic E-state index is 3.97. The molecule has 2 aliphatic rings. The van der Waals surface area contributed by atoms with Gasteiger partial charge in [0.05, 0.1) is 0 Å². The molecule has 0 amide bonds. The second-order valence-corrected chi connectivity index (χ2v) is 9.52. The highest BCUT2D eigenvalue weighted by molar-refractivity contribution is 5.40. The minimum absolute atomic E-state index is 0.00988. The average Bonchev–Trinajstić information content (AvgIpc) is 2.84. The van der Waals surface area contributed by atoms with Gasteiger partial charge in [-0.2, -0.15) is 0 Å². The number of hydrogen-bond acceptors (Lipinski definition) is 2. The van der Waals surface area contributed by atoms with Crippen molar-refractivity contribution in [2.24, 2.45) is 0 Å². The van der Waals surface area contributed by atoms with Crippen LogP contribution >= 0.6 is 0 Å². The molecule has 2 heteroatoms. The first-order valence-corrected chi connectivity index (χ1v) is 10.5. The molecule has 0 saturated heterocycles. The smallest absolute Gasteiger partial charge is 0.0404 e. The van der Waals surface area contributed by atoms with Gasteiger partial charge in [-0.05, 0) is 94.8 Å². The summed E-state index contributed by atoms with van der Waals surface area (Å²) in [7, 11) is 2.26. The minimum Gasteiger partial charge on any atom is -0.301 e. The van der Waals surface area contributed by atoms with E-state index in [-0.39, 0.29) is 11.1 Å². The van der Waals surface area contributed by atoms with Gasteiger partial charge in [-0.1, -0.05) is 42.5 Å². The average molecular weight is 363 g/mol. The largest absolute Gasteiger partial charge is 0.301 e.